The number of aliphatic hydroxyl groups excluding tert-OH is 3. The Kier molecular flexibility index (Phi) is 3.62. The quantitative estimate of drug-likeness (QED) is 0.432. The van der Waals surface area contributed by atoms with Gasteiger partial charge in [0.15, 0.2) is 12.5 Å². The third-order valence-electron chi connectivity index (χ3n) is 2.93. The van der Waals surface area contributed by atoms with Gasteiger partial charge in [-0.3, -0.25) is 9.36 Å². The molecule has 0 bridgehead atoms. The summed E-state index contributed by atoms with van der Waals surface area (Å²) in [4.78, 5) is 25.8. The Morgan fingerprint density at radius 2 is 2.16 bits per heavy atom. The van der Waals surface area contributed by atoms with Gasteiger partial charge in [0.05, 0.1) is 12.2 Å². The molecule has 1 fully saturated rings. The molecule has 2 heterocycles. The van der Waals surface area contributed by atoms with Crippen LogP contribution >= 0.6 is 0 Å². The number of rotatable bonds is 3. The van der Waals surface area contributed by atoms with E-state index < -0.39 is 36.8 Å². The molecule has 0 radical (unpaired) electrons. The molecule has 4 atom stereocenters. The molecule has 1 aromatic heterocycles. The van der Waals surface area contributed by atoms with Gasteiger partial charge in [0.25, 0.3) is 0 Å². The monoisotopic (exact) mass is 271 g/mol. The van der Waals surface area contributed by atoms with Crippen LogP contribution in [0.4, 0.5) is 5.82 Å². The van der Waals surface area contributed by atoms with Crippen LogP contribution in [0.1, 0.15) is 16.6 Å². The van der Waals surface area contributed by atoms with Gasteiger partial charge in [-0.2, -0.15) is 4.98 Å². The number of aromatic nitrogens is 2. The van der Waals surface area contributed by atoms with Crippen LogP contribution in [0.15, 0.2) is 11.0 Å². The number of aliphatic hydroxyl groups is 3. The first kappa shape index (κ1) is 13.6. The summed E-state index contributed by atoms with van der Waals surface area (Å²) in [5.41, 5.74) is 4.49. The van der Waals surface area contributed by atoms with Crippen molar-refractivity contribution in [2.24, 2.45) is 0 Å². The topological polar surface area (TPSA) is 148 Å². The van der Waals surface area contributed by atoms with E-state index in [0.29, 0.717) is 6.29 Å². The second kappa shape index (κ2) is 5.05. The van der Waals surface area contributed by atoms with Crippen LogP contribution in [0.25, 0.3) is 0 Å². The molecule has 1 aliphatic rings. The zero-order valence-electron chi connectivity index (χ0n) is 9.71. The number of aldehydes is 1. The Labute approximate surface area is 106 Å². The van der Waals surface area contributed by atoms with Gasteiger partial charge in [-0.25, -0.2) is 4.79 Å². The molecule has 1 saturated heterocycles. The number of nitrogens with two attached hydrogens (primary N) is 1. The summed E-state index contributed by atoms with van der Waals surface area (Å²) in [6.07, 6.45) is -3.56. The molecule has 5 N–H and O–H groups in total. The maximum absolute atomic E-state index is 11.7. The Morgan fingerprint density at radius 1 is 1.47 bits per heavy atom. The lowest BCUT2D eigenvalue weighted by molar-refractivity contribution is -0.0549. The lowest BCUT2D eigenvalue weighted by atomic mass is 10.1. The molecule has 4 unspecified atom stereocenters. The van der Waals surface area contributed by atoms with Crippen molar-refractivity contribution in [3.8, 4) is 0 Å². The van der Waals surface area contributed by atoms with E-state index in [1.165, 1.54) is 0 Å². The van der Waals surface area contributed by atoms with Crippen LogP contribution in [0.3, 0.4) is 0 Å². The van der Waals surface area contributed by atoms with E-state index in [0.717, 1.165) is 10.8 Å². The summed E-state index contributed by atoms with van der Waals surface area (Å²) in [5, 5.41) is 28.3. The van der Waals surface area contributed by atoms with Crippen LogP contribution in [0.2, 0.25) is 0 Å². The van der Waals surface area contributed by atoms with E-state index >= 15 is 0 Å². The van der Waals surface area contributed by atoms with Gasteiger partial charge in [-0.15, -0.1) is 0 Å². The van der Waals surface area contributed by atoms with Gasteiger partial charge < -0.3 is 25.8 Å². The molecule has 0 amide bonds. The van der Waals surface area contributed by atoms with Crippen molar-refractivity contribution < 1.29 is 24.9 Å². The third kappa shape index (κ3) is 2.24. The summed E-state index contributed by atoms with van der Waals surface area (Å²) >= 11 is 0. The maximum atomic E-state index is 11.7. The Balaban J connectivity index is 2.43. The molecule has 19 heavy (non-hydrogen) atoms. The second-order valence-corrected chi connectivity index (χ2v) is 4.12. The average molecular weight is 271 g/mol. The van der Waals surface area contributed by atoms with E-state index in [1.807, 2.05) is 0 Å². The first-order chi connectivity index (χ1) is 8.99. The Morgan fingerprint density at radius 3 is 2.68 bits per heavy atom. The van der Waals surface area contributed by atoms with Gasteiger partial charge >= 0.3 is 5.69 Å². The number of carbonyl (C=O) groups excluding carboxylic acids is 1. The molecular formula is C10H13N3O6. The highest BCUT2D eigenvalue weighted by atomic mass is 16.6. The molecule has 1 aromatic rings. The summed E-state index contributed by atoms with van der Waals surface area (Å²) in [5.74, 6) is -0.233. The summed E-state index contributed by atoms with van der Waals surface area (Å²) in [6, 6.07) is 0. The van der Waals surface area contributed by atoms with Crippen LogP contribution in [0, 0.1) is 0 Å². The van der Waals surface area contributed by atoms with Crippen molar-refractivity contribution in [2.75, 3.05) is 12.3 Å². The SMILES string of the molecule is Nc1nc(=O)n(C2OC(CO)C(O)C2O)cc1C=O. The molecular weight excluding hydrogens is 258 g/mol. The van der Waals surface area contributed by atoms with Crippen LogP contribution in [-0.2, 0) is 4.74 Å². The standard InChI is InChI=1S/C10H13N3O6/c11-8-4(2-14)1-13(10(18)12-8)9-7(17)6(16)5(3-15)19-9/h1-2,5-7,9,15-17H,3H2,(H2,11,12,18). The van der Waals surface area contributed by atoms with E-state index in [2.05, 4.69) is 4.98 Å². The van der Waals surface area contributed by atoms with Gasteiger partial charge in [0, 0.05) is 6.20 Å². The van der Waals surface area contributed by atoms with Crippen molar-refractivity contribution in [3.63, 3.8) is 0 Å². The zero-order valence-corrected chi connectivity index (χ0v) is 9.71. The van der Waals surface area contributed by atoms with Gasteiger partial charge in [-0.1, -0.05) is 0 Å². The number of anilines is 1. The highest BCUT2D eigenvalue weighted by Crippen LogP contribution is 2.28. The predicted molar refractivity (Wildman–Crippen MR) is 61.3 cm³/mol. The number of hydrogen-bond acceptors (Lipinski definition) is 8. The molecule has 0 saturated carbocycles. The molecule has 1 aliphatic heterocycles. The third-order valence-corrected chi connectivity index (χ3v) is 2.93. The largest absolute Gasteiger partial charge is 0.394 e. The Hall–Kier alpha value is -1.81. The van der Waals surface area contributed by atoms with E-state index in [-0.39, 0.29) is 11.4 Å². The number of nitrogen functional groups attached to an aromatic ring is 1. The first-order valence-corrected chi connectivity index (χ1v) is 5.46. The predicted octanol–water partition coefficient (Wildman–Crippen LogP) is -2.75. The summed E-state index contributed by atoms with van der Waals surface area (Å²) in [7, 11) is 0. The zero-order chi connectivity index (χ0) is 14.2. The molecule has 104 valence electrons. The van der Waals surface area contributed by atoms with Crippen LogP contribution < -0.4 is 11.4 Å². The Bertz CT molecular complexity index is 545. The number of carbonyl (C=O) groups is 1. The molecule has 9 nitrogen and oxygen atoms in total. The fourth-order valence-electron chi connectivity index (χ4n) is 1.88. The second-order valence-electron chi connectivity index (χ2n) is 4.12. The molecule has 9 heteroatoms. The van der Waals surface area contributed by atoms with E-state index in [9.17, 15) is 19.8 Å². The molecule has 2 rings (SSSR count). The summed E-state index contributed by atoms with van der Waals surface area (Å²) in [6.45, 7) is -0.521. The minimum absolute atomic E-state index is 0.0441. The fraction of sp³-hybridized carbons (Fsp3) is 0.500. The molecule has 0 spiro atoms. The maximum Gasteiger partial charge on any atom is 0.351 e. The van der Waals surface area contributed by atoms with Crippen LogP contribution in [0.5, 0.6) is 0 Å². The molecule has 0 aliphatic carbocycles. The average Bonchev–Trinajstić information content (AvgIpc) is 2.67. The minimum Gasteiger partial charge on any atom is -0.394 e. The lowest BCUT2D eigenvalue weighted by Gasteiger charge is -2.17. The fourth-order valence-corrected chi connectivity index (χ4v) is 1.88. The van der Waals surface area contributed by atoms with Crippen molar-refractivity contribution in [2.45, 2.75) is 24.5 Å². The van der Waals surface area contributed by atoms with Gasteiger partial charge in [0.1, 0.15) is 24.1 Å². The van der Waals surface area contributed by atoms with Gasteiger partial charge in [0.2, 0.25) is 0 Å². The number of nitrogens with zero attached hydrogens (tertiary/aromatic N) is 2. The van der Waals surface area contributed by atoms with Gasteiger partial charge in [-0.05, 0) is 0 Å². The first-order valence-electron chi connectivity index (χ1n) is 5.46. The normalized spacial score (nSPS) is 30.5. The van der Waals surface area contributed by atoms with E-state index in [4.69, 9.17) is 15.6 Å². The summed E-state index contributed by atoms with van der Waals surface area (Å²) < 4.78 is 6.01. The number of hydrogen-bond donors (Lipinski definition) is 4. The lowest BCUT2D eigenvalue weighted by Crippen LogP contribution is -2.36. The highest BCUT2D eigenvalue weighted by molar-refractivity contribution is 5.80. The molecule has 0 aromatic carbocycles. The van der Waals surface area contributed by atoms with Crippen molar-refractivity contribution in [1.29, 1.82) is 0 Å². The van der Waals surface area contributed by atoms with Crippen LogP contribution in [-0.4, -0.2) is 56.1 Å². The van der Waals surface area contributed by atoms with E-state index in [1.54, 1.807) is 0 Å². The number of ether oxygens (including phenoxy) is 1. The van der Waals surface area contributed by atoms with Crippen molar-refractivity contribution in [1.82, 2.24) is 9.55 Å². The smallest absolute Gasteiger partial charge is 0.351 e. The minimum atomic E-state index is -1.43. The highest BCUT2D eigenvalue weighted by Gasteiger charge is 2.43. The van der Waals surface area contributed by atoms with Crippen molar-refractivity contribution in [3.05, 3.63) is 22.2 Å². The van der Waals surface area contributed by atoms with Crippen molar-refractivity contribution >= 4 is 12.1 Å².